The number of phenolic OH excluding ortho intramolecular Hbond substituents is 1. The van der Waals surface area contributed by atoms with Crippen molar-refractivity contribution in [2.24, 2.45) is 15.8 Å². The highest BCUT2D eigenvalue weighted by atomic mass is 32.1. The number of nitriles is 1. The van der Waals surface area contributed by atoms with Gasteiger partial charge in [-0.15, -0.1) is 0 Å². The molecule has 0 radical (unpaired) electrons. The molecule has 21 heteroatoms. The number of isothiocyanates is 1. The number of ether oxygens (including phenoxy) is 4. The Kier molecular flexibility index (Phi) is 20.5. The lowest BCUT2D eigenvalue weighted by molar-refractivity contribution is -0.143. The zero-order chi connectivity index (χ0) is 63.8. The summed E-state index contributed by atoms with van der Waals surface area (Å²) >= 11 is 4.59. The highest BCUT2D eigenvalue weighted by Gasteiger charge is 2.54. The topological polar surface area (TPSA) is 263 Å². The summed E-state index contributed by atoms with van der Waals surface area (Å²) in [4.78, 5) is 80.5. The van der Waals surface area contributed by atoms with Crippen molar-refractivity contribution in [2.75, 3.05) is 19.8 Å². The SMILES string of the molecule is CC(C)N(C(C)C)P(OCCC#N)OCCCCCCNC(=O)c1ccc2c(c1)C1(OC2=O)c2ccc(OC(=O)C(C)(C)C)cc2Oc2cc(OC(=O)C(C)(C)C)ccc21.O=C(O)c1cc(N=C=S)ccc1-c1c2ccc(=O)cc-2oc2cc(O)ccc12. The maximum Gasteiger partial charge on any atom is 0.340 e. The molecular weight excluding hydrogens is 1160 g/mol. The Morgan fingerprint density at radius 1 is 0.727 bits per heavy atom. The number of amides is 1. The number of aromatic hydroxyl groups is 1. The number of thiocarbonyl (C=S) groups is 1. The number of phenols is 1. The first-order valence-corrected chi connectivity index (χ1v) is 30.2. The molecule has 0 saturated carbocycles. The number of nitrogens with one attached hydrogen (secondary N) is 1. The van der Waals surface area contributed by atoms with Crippen LogP contribution in [-0.2, 0) is 29.0 Å². The van der Waals surface area contributed by atoms with Crippen molar-refractivity contribution in [1.82, 2.24) is 9.99 Å². The van der Waals surface area contributed by atoms with Gasteiger partial charge < -0.3 is 47.9 Å². The second-order valence-electron chi connectivity index (χ2n) is 23.6. The summed E-state index contributed by atoms with van der Waals surface area (Å²) in [5, 5.41) is 34.4. The van der Waals surface area contributed by atoms with Crippen LogP contribution in [0.5, 0.6) is 28.7 Å². The predicted molar refractivity (Wildman–Crippen MR) is 335 cm³/mol. The van der Waals surface area contributed by atoms with Crippen molar-refractivity contribution in [3.05, 3.63) is 153 Å². The van der Waals surface area contributed by atoms with Gasteiger partial charge in [0.15, 0.2) is 11.0 Å². The van der Waals surface area contributed by atoms with Gasteiger partial charge in [0.25, 0.3) is 14.4 Å². The molecule has 0 bridgehead atoms. The van der Waals surface area contributed by atoms with Gasteiger partial charge in [-0.3, -0.25) is 19.2 Å². The molecule has 1 aliphatic carbocycles. The number of fused-ring (bicyclic) bond motifs is 8. The second kappa shape index (κ2) is 27.6. The molecule has 5 aromatic carbocycles. The number of unbranched alkanes of at least 4 members (excludes halogenated alkanes) is 3. The molecule has 3 heterocycles. The van der Waals surface area contributed by atoms with Crippen molar-refractivity contribution in [3.63, 3.8) is 0 Å². The molecule has 4 aliphatic rings. The number of aromatic carboxylic acids is 1. The Bertz CT molecular complexity index is 3860. The predicted octanol–water partition coefficient (Wildman–Crippen LogP) is 14.4. The molecule has 9 rings (SSSR count). The van der Waals surface area contributed by atoms with Gasteiger partial charge in [-0.2, -0.15) is 10.3 Å². The maximum absolute atomic E-state index is 13.7. The smallest absolute Gasteiger partial charge is 0.340 e. The van der Waals surface area contributed by atoms with E-state index in [1.54, 1.807) is 120 Å². The first kappa shape index (κ1) is 65.3. The molecule has 3 aliphatic heterocycles. The fourth-order valence-corrected chi connectivity index (χ4v) is 11.7. The van der Waals surface area contributed by atoms with E-state index in [-0.39, 0.29) is 69.1 Å². The number of rotatable bonds is 20. The summed E-state index contributed by atoms with van der Waals surface area (Å²) in [5.41, 5.74) is 0.919. The van der Waals surface area contributed by atoms with E-state index in [9.17, 15) is 39.0 Å². The lowest BCUT2D eigenvalue weighted by Gasteiger charge is -2.37. The van der Waals surface area contributed by atoms with E-state index in [4.69, 9.17) is 37.7 Å². The van der Waals surface area contributed by atoms with Crippen molar-refractivity contribution in [3.8, 4) is 57.3 Å². The number of hydrogen-bond donors (Lipinski definition) is 3. The second-order valence-corrected chi connectivity index (χ2v) is 25.3. The van der Waals surface area contributed by atoms with Crippen LogP contribution < -0.4 is 25.0 Å². The van der Waals surface area contributed by atoms with Gasteiger partial charge in [-0.1, -0.05) is 18.9 Å². The number of carboxylic acid groups (broad SMARTS) is 1. The van der Waals surface area contributed by atoms with Gasteiger partial charge >= 0.3 is 23.9 Å². The molecular formula is C67H69N4O15PS. The Hall–Kier alpha value is -8.66. The third-order valence-electron chi connectivity index (χ3n) is 14.2. The van der Waals surface area contributed by atoms with E-state index in [1.165, 1.54) is 30.3 Å². The fraction of sp³-hybridized carbons (Fsp3) is 0.343. The molecule has 1 unspecified atom stereocenters. The van der Waals surface area contributed by atoms with Crippen LogP contribution in [0.2, 0.25) is 0 Å². The van der Waals surface area contributed by atoms with E-state index in [0.717, 1.165) is 25.7 Å². The molecule has 3 N–H and O–H groups in total. The molecule has 0 saturated heterocycles. The number of carbonyl (C=O) groups excluding carboxylic acids is 4. The van der Waals surface area contributed by atoms with Crippen LogP contribution >= 0.6 is 20.7 Å². The molecule has 88 heavy (non-hydrogen) atoms. The Morgan fingerprint density at radius 3 is 1.94 bits per heavy atom. The van der Waals surface area contributed by atoms with Crippen molar-refractivity contribution >= 4 is 72.3 Å². The molecule has 0 aromatic heterocycles. The third-order valence-corrected chi connectivity index (χ3v) is 16.4. The number of benzene rings is 6. The van der Waals surface area contributed by atoms with Crippen LogP contribution in [-0.4, -0.2) is 81.7 Å². The number of esters is 3. The zero-order valence-electron chi connectivity index (χ0n) is 50.6. The van der Waals surface area contributed by atoms with Crippen LogP contribution in [0.4, 0.5) is 5.69 Å². The van der Waals surface area contributed by atoms with E-state index in [0.29, 0.717) is 81.8 Å². The quantitative estimate of drug-likeness (QED) is 0.0122. The molecule has 19 nitrogen and oxygen atoms in total. The number of aliphatic imine (C=N–C) groups is 1. The number of nitrogens with zero attached hydrogens (tertiary/aromatic N) is 3. The Morgan fingerprint density at radius 2 is 1.34 bits per heavy atom. The number of carboxylic acids is 1. The lowest BCUT2D eigenvalue weighted by Crippen LogP contribution is -2.33. The minimum absolute atomic E-state index is 0.0102. The fourth-order valence-electron chi connectivity index (χ4n) is 10.0. The minimum Gasteiger partial charge on any atom is -0.508 e. The molecule has 1 amide bonds. The van der Waals surface area contributed by atoms with Gasteiger partial charge in [0, 0.05) is 81.7 Å². The Balaban J connectivity index is 0.000000296. The highest BCUT2D eigenvalue weighted by Crippen LogP contribution is 2.57. The molecule has 5 aromatic rings. The third kappa shape index (κ3) is 14.7. The van der Waals surface area contributed by atoms with Gasteiger partial charge in [-0.25, -0.2) is 14.3 Å². The summed E-state index contributed by atoms with van der Waals surface area (Å²) in [5.74, 6) is -1.70. The summed E-state index contributed by atoms with van der Waals surface area (Å²) in [6, 6.07) is 30.7. The van der Waals surface area contributed by atoms with Crippen LogP contribution in [0.25, 0.3) is 33.4 Å². The average Bonchev–Trinajstić information content (AvgIpc) is 1.43. The van der Waals surface area contributed by atoms with Crippen molar-refractivity contribution < 1.29 is 66.6 Å². The van der Waals surface area contributed by atoms with Crippen LogP contribution in [0, 0.1) is 22.2 Å². The summed E-state index contributed by atoms with van der Waals surface area (Å²) in [6.45, 7) is 20.2. The van der Waals surface area contributed by atoms with Gasteiger partial charge in [0.1, 0.15) is 40.1 Å². The normalized spacial score (nSPS) is 13.3. The summed E-state index contributed by atoms with van der Waals surface area (Å²) in [6.07, 6.45) is 3.66. The van der Waals surface area contributed by atoms with E-state index in [1.807, 2.05) is 0 Å². The minimum atomic E-state index is -1.55. The van der Waals surface area contributed by atoms with Crippen LogP contribution in [0.1, 0.15) is 149 Å². The average molecular weight is 1230 g/mol. The van der Waals surface area contributed by atoms with Crippen molar-refractivity contribution in [1.29, 1.82) is 5.26 Å². The van der Waals surface area contributed by atoms with E-state index >= 15 is 0 Å². The van der Waals surface area contributed by atoms with Gasteiger partial charge in [-0.05, 0) is 179 Å². The monoisotopic (exact) mass is 1230 g/mol. The van der Waals surface area contributed by atoms with Crippen LogP contribution in [0.3, 0.4) is 0 Å². The first-order valence-electron chi connectivity index (χ1n) is 28.7. The Labute approximate surface area is 516 Å². The molecule has 1 spiro atoms. The number of carbonyl (C=O) groups is 5. The van der Waals surface area contributed by atoms with E-state index in [2.05, 4.69) is 66.1 Å². The van der Waals surface area contributed by atoms with Gasteiger partial charge in [0.2, 0.25) is 0 Å². The maximum atomic E-state index is 13.7. The standard InChI is InChI=1S/C46H58N3O10P.C21H11NO5S/c1-29(2)49(30(3)4)60(55-25-15-22-47)54-24-14-12-11-13-23-48-40(50)31-16-19-34-37(26-31)46(59-41(34)51)35-20-17-32(56-42(52)44(5,6)7)27-38(35)58-39-28-33(18-21-36(39)46)57-43(53)45(8,9)10;23-12-2-5-15-18(8-12)27-19-9-13(24)3-6-16(19)20(15)14-4-1-11(22-10-28)7-17(14)21(25)26/h16-21,26-30H,11-15,23-25H2,1-10H3,(H,48,50);1-9,23H,(H,25,26). The molecule has 0 fully saturated rings. The lowest BCUT2D eigenvalue weighted by atomic mass is 9.77. The summed E-state index contributed by atoms with van der Waals surface area (Å²) in [7, 11) is -1.28. The molecule has 458 valence electrons. The molecule has 1 atom stereocenters. The van der Waals surface area contributed by atoms with E-state index < -0.39 is 48.8 Å². The highest BCUT2D eigenvalue weighted by molar-refractivity contribution is 7.78. The largest absolute Gasteiger partial charge is 0.508 e. The first-order chi connectivity index (χ1) is 41.7. The number of hydrogen-bond acceptors (Lipinski definition) is 18. The van der Waals surface area contributed by atoms with Gasteiger partial charge in [0.05, 0.1) is 58.5 Å². The van der Waals surface area contributed by atoms with Crippen molar-refractivity contribution in [2.45, 2.75) is 119 Å². The zero-order valence-corrected chi connectivity index (χ0v) is 52.3. The summed E-state index contributed by atoms with van der Waals surface area (Å²) < 4.78 is 44.2. The van der Waals surface area contributed by atoms with Crippen LogP contribution in [0.15, 0.2) is 123 Å².